The standard InChI is InChI=1S/C15H22N2O2/c1-17(12-6-8-13(18)9-7-12)15(19)14-5-3-2-4-11(14)10-16/h6-9,11,14,18H,2-5,10,16H2,1H3. The maximum Gasteiger partial charge on any atom is 0.230 e. The van der Waals surface area contributed by atoms with Crippen LogP contribution < -0.4 is 10.6 Å². The highest BCUT2D eigenvalue weighted by molar-refractivity contribution is 5.94. The van der Waals surface area contributed by atoms with E-state index in [1.54, 1.807) is 36.2 Å². The van der Waals surface area contributed by atoms with E-state index < -0.39 is 0 Å². The molecule has 3 N–H and O–H groups in total. The van der Waals surface area contributed by atoms with Crippen LogP contribution in [0, 0.1) is 11.8 Å². The number of carbonyl (C=O) groups is 1. The first-order valence-corrected chi connectivity index (χ1v) is 6.90. The van der Waals surface area contributed by atoms with Crippen LogP contribution in [0.2, 0.25) is 0 Å². The van der Waals surface area contributed by atoms with Crippen molar-refractivity contribution in [2.24, 2.45) is 17.6 Å². The average Bonchev–Trinajstić information content (AvgIpc) is 2.46. The highest BCUT2D eigenvalue weighted by Crippen LogP contribution is 2.31. The van der Waals surface area contributed by atoms with E-state index in [0.717, 1.165) is 24.9 Å². The molecule has 0 saturated heterocycles. The second kappa shape index (κ2) is 6.06. The lowest BCUT2D eigenvalue weighted by Crippen LogP contribution is -2.40. The second-order valence-corrected chi connectivity index (χ2v) is 5.30. The number of carbonyl (C=O) groups excluding carboxylic acids is 1. The molecule has 104 valence electrons. The third-order valence-electron chi connectivity index (χ3n) is 4.10. The molecule has 2 unspecified atom stereocenters. The summed E-state index contributed by atoms with van der Waals surface area (Å²) in [6.45, 7) is 0.583. The Bertz CT molecular complexity index is 430. The van der Waals surface area contributed by atoms with E-state index in [1.165, 1.54) is 6.42 Å². The van der Waals surface area contributed by atoms with Crippen LogP contribution in [-0.4, -0.2) is 24.6 Å². The number of hydrogen-bond donors (Lipinski definition) is 2. The molecule has 0 radical (unpaired) electrons. The van der Waals surface area contributed by atoms with Gasteiger partial charge in [0.1, 0.15) is 5.75 Å². The minimum absolute atomic E-state index is 0.0394. The molecule has 1 amide bonds. The third kappa shape index (κ3) is 3.07. The largest absolute Gasteiger partial charge is 0.508 e. The number of rotatable bonds is 3. The first kappa shape index (κ1) is 13.9. The fraction of sp³-hybridized carbons (Fsp3) is 0.533. The SMILES string of the molecule is CN(C(=O)C1CCCCC1CN)c1ccc(O)cc1. The predicted molar refractivity (Wildman–Crippen MR) is 76.0 cm³/mol. The summed E-state index contributed by atoms with van der Waals surface area (Å²) in [6.07, 6.45) is 4.27. The minimum Gasteiger partial charge on any atom is -0.508 e. The molecular weight excluding hydrogens is 240 g/mol. The molecule has 2 rings (SSSR count). The van der Waals surface area contributed by atoms with E-state index in [2.05, 4.69) is 0 Å². The van der Waals surface area contributed by atoms with E-state index in [1.807, 2.05) is 0 Å². The van der Waals surface area contributed by atoms with Crippen LogP contribution in [0.4, 0.5) is 5.69 Å². The van der Waals surface area contributed by atoms with Crippen molar-refractivity contribution in [2.45, 2.75) is 25.7 Å². The molecule has 0 aromatic heterocycles. The van der Waals surface area contributed by atoms with Crippen LogP contribution >= 0.6 is 0 Å². The summed E-state index contributed by atoms with van der Waals surface area (Å²) in [5.74, 6) is 0.696. The van der Waals surface area contributed by atoms with Gasteiger partial charge in [0.05, 0.1) is 0 Å². The maximum absolute atomic E-state index is 12.6. The average molecular weight is 262 g/mol. The zero-order valence-electron chi connectivity index (χ0n) is 11.4. The van der Waals surface area contributed by atoms with Crippen molar-refractivity contribution in [3.8, 4) is 5.75 Å². The molecule has 4 heteroatoms. The summed E-state index contributed by atoms with van der Waals surface area (Å²) < 4.78 is 0. The number of nitrogens with zero attached hydrogens (tertiary/aromatic N) is 1. The lowest BCUT2D eigenvalue weighted by molar-refractivity contribution is -0.124. The quantitative estimate of drug-likeness (QED) is 0.877. The van der Waals surface area contributed by atoms with Crippen LogP contribution in [0.1, 0.15) is 25.7 Å². The molecule has 0 heterocycles. The number of amides is 1. The van der Waals surface area contributed by atoms with Gasteiger partial charge in [0.25, 0.3) is 0 Å². The fourth-order valence-electron chi connectivity index (χ4n) is 2.87. The van der Waals surface area contributed by atoms with Crippen LogP contribution in [0.15, 0.2) is 24.3 Å². The van der Waals surface area contributed by atoms with Gasteiger partial charge in [-0.3, -0.25) is 4.79 Å². The van der Waals surface area contributed by atoms with E-state index in [-0.39, 0.29) is 17.6 Å². The van der Waals surface area contributed by atoms with Gasteiger partial charge in [0.15, 0.2) is 0 Å². The van der Waals surface area contributed by atoms with Gasteiger partial charge in [0, 0.05) is 18.7 Å². The Kier molecular flexibility index (Phi) is 4.43. The van der Waals surface area contributed by atoms with Gasteiger partial charge >= 0.3 is 0 Å². The van der Waals surface area contributed by atoms with Crippen molar-refractivity contribution in [3.05, 3.63) is 24.3 Å². The number of hydrogen-bond acceptors (Lipinski definition) is 3. The summed E-state index contributed by atoms with van der Waals surface area (Å²) in [6, 6.07) is 6.71. The Morgan fingerprint density at radius 3 is 2.58 bits per heavy atom. The Balaban J connectivity index is 2.11. The molecular formula is C15H22N2O2. The molecule has 1 fully saturated rings. The highest BCUT2D eigenvalue weighted by atomic mass is 16.3. The molecule has 0 aliphatic heterocycles. The van der Waals surface area contributed by atoms with Gasteiger partial charge in [-0.15, -0.1) is 0 Å². The topological polar surface area (TPSA) is 66.6 Å². The van der Waals surface area contributed by atoms with Crippen molar-refractivity contribution in [1.82, 2.24) is 0 Å². The van der Waals surface area contributed by atoms with Crippen molar-refractivity contribution < 1.29 is 9.90 Å². The van der Waals surface area contributed by atoms with E-state index >= 15 is 0 Å². The molecule has 0 spiro atoms. The minimum atomic E-state index is 0.0394. The maximum atomic E-state index is 12.6. The number of aromatic hydroxyl groups is 1. The predicted octanol–water partition coefficient (Wildman–Crippen LogP) is 2.12. The van der Waals surface area contributed by atoms with Crippen molar-refractivity contribution in [1.29, 1.82) is 0 Å². The summed E-state index contributed by atoms with van der Waals surface area (Å²) in [5, 5.41) is 9.29. The van der Waals surface area contributed by atoms with E-state index in [4.69, 9.17) is 5.73 Å². The zero-order valence-corrected chi connectivity index (χ0v) is 11.4. The Morgan fingerprint density at radius 2 is 1.95 bits per heavy atom. The molecule has 1 aliphatic carbocycles. The fourth-order valence-corrected chi connectivity index (χ4v) is 2.87. The Labute approximate surface area is 114 Å². The molecule has 2 atom stereocenters. The molecule has 1 aromatic carbocycles. The number of phenols is 1. The lowest BCUT2D eigenvalue weighted by Gasteiger charge is -2.32. The molecule has 1 saturated carbocycles. The Hall–Kier alpha value is -1.55. The number of benzene rings is 1. The summed E-state index contributed by atoms with van der Waals surface area (Å²) >= 11 is 0. The van der Waals surface area contributed by atoms with E-state index in [0.29, 0.717) is 12.5 Å². The number of phenolic OH excluding ortho intramolecular Hbond substituents is 1. The highest BCUT2D eigenvalue weighted by Gasteiger charge is 2.32. The van der Waals surface area contributed by atoms with Crippen molar-refractivity contribution in [3.63, 3.8) is 0 Å². The Morgan fingerprint density at radius 1 is 1.32 bits per heavy atom. The van der Waals surface area contributed by atoms with Gasteiger partial charge in [0.2, 0.25) is 5.91 Å². The van der Waals surface area contributed by atoms with Gasteiger partial charge in [-0.2, -0.15) is 0 Å². The summed E-state index contributed by atoms with van der Waals surface area (Å²) in [7, 11) is 1.79. The lowest BCUT2D eigenvalue weighted by atomic mass is 9.78. The number of nitrogens with two attached hydrogens (primary N) is 1. The molecule has 0 bridgehead atoms. The van der Waals surface area contributed by atoms with Crippen LogP contribution in [-0.2, 0) is 4.79 Å². The summed E-state index contributed by atoms with van der Waals surface area (Å²) in [4.78, 5) is 14.2. The second-order valence-electron chi connectivity index (χ2n) is 5.30. The van der Waals surface area contributed by atoms with Crippen molar-refractivity contribution in [2.75, 3.05) is 18.5 Å². The smallest absolute Gasteiger partial charge is 0.230 e. The van der Waals surface area contributed by atoms with Gasteiger partial charge in [-0.05, 0) is 49.6 Å². The van der Waals surface area contributed by atoms with Crippen LogP contribution in [0.3, 0.4) is 0 Å². The van der Waals surface area contributed by atoms with Gasteiger partial charge in [-0.25, -0.2) is 0 Å². The summed E-state index contributed by atoms with van der Waals surface area (Å²) in [5.41, 5.74) is 6.60. The van der Waals surface area contributed by atoms with Gasteiger partial charge in [-0.1, -0.05) is 12.8 Å². The molecule has 4 nitrogen and oxygen atoms in total. The van der Waals surface area contributed by atoms with Crippen LogP contribution in [0.5, 0.6) is 5.75 Å². The molecule has 1 aliphatic rings. The van der Waals surface area contributed by atoms with Crippen LogP contribution in [0.25, 0.3) is 0 Å². The zero-order chi connectivity index (χ0) is 13.8. The van der Waals surface area contributed by atoms with Gasteiger partial charge < -0.3 is 15.7 Å². The van der Waals surface area contributed by atoms with E-state index in [9.17, 15) is 9.90 Å². The normalized spacial score (nSPS) is 23.1. The third-order valence-corrected chi connectivity index (χ3v) is 4.10. The number of anilines is 1. The monoisotopic (exact) mass is 262 g/mol. The van der Waals surface area contributed by atoms with Crippen molar-refractivity contribution >= 4 is 11.6 Å². The molecule has 1 aromatic rings. The molecule has 19 heavy (non-hydrogen) atoms. The first-order valence-electron chi connectivity index (χ1n) is 6.90. The first-order chi connectivity index (χ1) is 9.13.